The van der Waals surface area contributed by atoms with Gasteiger partial charge in [-0.05, 0) is 49.9 Å². The van der Waals surface area contributed by atoms with Crippen molar-refractivity contribution in [3.63, 3.8) is 0 Å². The van der Waals surface area contributed by atoms with E-state index in [0.29, 0.717) is 0 Å². The van der Waals surface area contributed by atoms with Gasteiger partial charge in [-0.25, -0.2) is 0 Å². The van der Waals surface area contributed by atoms with Gasteiger partial charge >= 0.3 is 0 Å². The second-order valence-electron chi connectivity index (χ2n) is 5.52. The maximum Gasteiger partial charge on any atom is 0.254 e. The van der Waals surface area contributed by atoms with Gasteiger partial charge in [-0.3, -0.25) is 9.78 Å². The lowest BCUT2D eigenvalue weighted by molar-refractivity contribution is 0.0794. The van der Waals surface area contributed by atoms with Gasteiger partial charge in [-0.15, -0.1) is 0 Å². The van der Waals surface area contributed by atoms with Crippen LogP contribution >= 0.6 is 0 Å². The van der Waals surface area contributed by atoms with E-state index in [2.05, 4.69) is 24.0 Å². The Morgan fingerprint density at radius 1 is 1.25 bits per heavy atom. The Labute approximate surface area is 119 Å². The summed E-state index contributed by atoms with van der Waals surface area (Å²) >= 11 is 0. The van der Waals surface area contributed by atoms with Gasteiger partial charge in [0, 0.05) is 24.2 Å². The Morgan fingerprint density at radius 2 is 2.00 bits per heavy atom. The molecule has 3 heteroatoms. The second-order valence-corrected chi connectivity index (χ2v) is 5.52. The molecule has 0 unspecified atom stereocenters. The summed E-state index contributed by atoms with van der Waals surface area (Å²) in [7, 11) is 0. The Bertz CT molecular complexity index is 657. The van der Waals surface area contributed by atoms with Crippen LogP contribution in [0.4, 0.5) is 0 Å². The van der Waals surface area contributed by atoms with E-state index >= 15 is 0 Å². The molecule has 20 heavy (non-hydrogen) atoms. The molecule has 1 aliphatic rings. The minimum atomic E-state index is 0.159. The third-order valence-corrected chi connectivity index (χ3v) is 4.03. The summed E-state index contributed by atoms with van der Waals surface area (Å²) < 4.78 is 0. The van der Waals surface area contributed by atoms with Gasteiger partial charge in [0.2, 0.25) is 0 Å². The van der Waals surface area contributed by atoms with Crippen molar-refractivity contribution in [2.45, 2.75) is 33.1 Å². The number of fused-ring (bicyclic) bond motifs is 1. The lowest BCUT2D eigenvalue weighted by Crippen LogP contribution is -2.28. The van der Waals surface area contributed by atoms with E-state index in [0.717, 1.165) is 54.5 Å². The molecule has 1 aromatic heterocycles. The molecular formula is C17H20N2O. The molecule has 0 N–H and O–H groups in total. The molecule has 0 spiro atoms. The highest BCUT2D eigenvalue weighted by Crippen LogP contribution is 2.23. The zero-order valence-corrected chi connectivity index (χ0v) is 12.1. The average molecular weight is 268 g/mol. The number of amides is 1. The summed E-state index contributed by atoms with van der Waals surface area (Å²) in [5, 5.41) is 0.992. The molecule has 104 valence electrons. The third kappa shape index (κ3) is 2.28. The van der Waals surface area contributed by atoms with Crippen LogP contribution in [0.3, 0.4) is 0 Å². The molecule has 1 aliphatic heterocycles. The van der Waals surface area contributed by atoms with Crippen LogP contribution in [0.15, 0.2) is 24.3 Å². The van der Waals surface area contributed by atoms with Crippen LogP contribution in [0.1, 0.15) is 41.4 Å². The molecule has 3 nitrogen and oxygen atoms in total. The highest BCUT2D eigenvalue weighted by Gasteiger charge is 2.21. The molecule has 0 bridgehead atoms. The Morgan fingerprint density at radius 3 is 2.70 bits per heavy atom. The molecule has 1 fully saturated rings. The summed E-state index contributed by atoms with van der Waals surface area (Å²) in [4.78, 5) is 19.2. The number of rotatable bonds is 2. The van der Waals surface area contributed by atoms with Crippen molar-refractivity contribution in [1.82, 2.24) is 9.88 Å². The van der Waals surface area contributed by atoms with E-state index in [4.69, 9.17) is 0 Å². The summed E-state index contributed by atoms with van der Waals surface area (Å²) in [6.07, 6.45) is 3.21. The number of carbonyl (C=O) groups is 1. The number of benzene rings is 1. The zero-order chi connectivity index (χ0) is 14.1. The molecule has 2 aromatic rings. The van der Waals surface area contributed by atoms with Gasteiger partial charge in [0.25, 0.3) is 5.91 Å². The molecule has 2 heterocycles. The Kier molecular flexibility index (Phi) is 3.43. The van der Waals surface area contributed by atoms with Crippen molar-refractivity contribution in [2.24, 2.45) is 0 Å². The topological polar surface area (TPSA) is 33.2 Å². The van der Waals surface area contributed by atoms with Gasteiger partial charge in [-0.2, -0.15) is 0 Å². The highest BCUT2D eigenvalue weighted by molar-refractivity contribution is 6.06. The monoisotopic (exact) mass is 268 g/mol. The molecule has 0 atom stereocenters. The van der Waals surface area contributed by atoms with Crippen LogP contribution in [0, 0.1) is 6.92 Å². The Hall–Kier alpha value is -1.90. The predicted octanol–water partition coefficient (Wildman–Crippen LogP) is 3.34. The van der Waals surface area contributed by atoms with E-state index in [9.17, 15) is 4.79 Å². The van der Waals surface area contributed by atoms with Gasteiger partial charge in [-0.1, -0.05) is 13.0 Å². The van der Waals surface area contributed by atoms with Crippen LogP contribution in [-0.2, 0) is 6.42 Å². The summed E-state index contributed by atoms with van der Waals surface area (Å²) in [5.41, 5.74) is 3.89. The molecule has 1 amide bonds. The third-order valence-electron chi connectivity index (χ3n) is 4.03. The minimum Gasteiger partial charge on any atom is -0.339 e. The summed E-state index contributed by atoms with van der Waals surface area (Å²) in [6, 6.07) is 8.17. The van der Waals surface area contributed by atoms with Gasteiger partial charge in [0.05, 0.1) is 11.1 Å². The minimum absolute atomic E-state index is 0.159. The molecule has 0 radical (unpaired) electrons. The number of carbonyl (C=O) groups excluding carboxylic acids is 1. The standard InChI is InChI=1S/C17H20N2O/c1-3-13-6-7-16-14(11-13)15(10-12(2)18-16)17(20)19-8-4-5-9-19/h6-7,10-11H,3-5,8-9H2,1-2H3. The Balaban J connectivity index is 2.14. The predicted molar refractivity (Wildman–Crippen MR) is 81.0 cm³/mol. The van der Waals surface area contributed by atoms with Gasteiger partial charge in [0.15, 0.2) is 0 Å². The average Bonchev–Trinajstić information content (AvgIpc) is 2.99. The molecule has 0 aliphatic carbocycles. The van der Waals surface area contributed by atoms with Crippen LogP contribution in [0.25, 0.3) is 10.9 Å². The highest BCUT2D eigenvalue weighted by atomic mass is 16.2. The molecule has 1 aromatic carbocycles. The largest absolute Gasteiger partial charge is 0.339 e. The van der Waals surface area contributed by atoms with Crippen molar-refractivity contribution in [3.05, 3.63) is 41.1 Å². The van der Waals surface area contributed by atoms with Gasteiger partial charge in [0.1, 0.15) is 0 Å². The lowest BCUT2D eigenvalue weighted by Gasteiger charge is -2.17. The van der Waals surface area contributed by atoms with Crippen LogP contribution in [0.2, 0.25) is 0 Å². The summed E-state index contributed by atoms with van der Waals surface area (Å²) in [6.45, 7) is 5.85. The normalized spacial score (nSPS) is 15.0. The number of pyridine rings is 1. The second kappa shape index (κ2) is 5.23. The first-order valence-electron chi connectivity index (χ1n) is 7.38. The number of hydrogen-bond donors (Lipinski definition) is 0. The van der Waals surface area contributed by atoms with Crippen molar-refractivity contribution in [1.29, 1.82) is 0 Å². The first-order valence-corrected chi connectivity index (χ1v) is 7.38. The SMILES string of the molecule is CCc1ccc2nc(C)cc(C(=O)N3CCCC3)c2c1. The molecular weight excluding hydrogens is 248 g/mol. The molecule has 0 saturated carbocycles. The number of hydrogen-bond acceptors (Lipinski definition) is 2. The number of aryl methyl sites for hydroxylation is 2. The molecule has 1 saturated heterocycles. The maximum atomic E-state index is 12.7. The van der Waals surface area contributed by atoms with Crippen LogP contribution < -0.4 is 0 Å². The zero-order valence-electron chi connectivity index (χ0n) is 12.1. The van der Waals surface area contributed by atoms with Crippen molar-refractivity contribution in [3.8, 4) is 0 Å². The van der Waals surface area contributed by atoms with E-state index in [1.54, 1.807) is 0 Å². The fourth-order valence-electron chi connectivity index (χ4n) is 2.89. The fraction of sp³-hybridized carbons (Fsp3) is 0.412. The maximum absolute atomic E-state index is 12.7. The number of aromatic nitrogens is 1. The number of nitrogens with zero attached hydrogens (tertiary/aromatic N) is 2. The van der Waals surface area contributed by atoms with E-state index in [-0.39, 0.29) is 5.91 Å². The smallest absolute Gasteiger partial charge is 0.254 e. The van der Waals surface area contributed by atoms with Crippen molar-refractivity contribution in [2.75, 3.05) is 13.1 Å². The lowest BCUT2D eigenvalue weighted by atomic mass is 10.0. The van der Waals surface area contributed by atoms with Crippen LogP contribution in [-0.4, -0.2) is 28.9 Å². The van der Waals surface area contributed by atoms with Crippen molar-refractivity contribution >= 4 is 16.8 Å². The van der Waals surface area contributed by atoms with Gasteiger partial charge < -0.3 is 4.90 Å². The van der Waals surface area contributed by atoms with Crippen molar-refractivity contribution < 1.29 is 4.79 Å². The summed E-state index contributed by atoms with van der Waals surface area (Å²) in [5.74, 6) is 0.159. The van der Waals surface area contributed by atoms with E-state index in [1.165, 1.54) is 5.56 Å². The van der Waals surface area contributed by atoms with E-state index < -0.39 is 0 Å². The first kappa shape index (κ1) is 13.1. The molecule has 3 rings (SSSR count). The van der Waals surface area contributed by atoms with Crippen LogP contribution in [0.5, 0.6) is 0 Å². The van der Waals surface area contributed by atoms with E-state index in [1.807, 2.05) is 24.0 Å². The fourth-order valence-corrected chi connectivity index (χ4v) is 2.89. The number of likely N-dealkylation sites (tertiary alicyclic amines) is 1. The first-order chi connectivity index (χ1) is 9.69. The quantitative estimate of drug-likeness (QED) is 0.837.